The first kappa shape index (κ1) is 8.28. The first-order valence-corrected chi connectivity index (χ1v) is 3.86. The van der Waals surface area contributed by atoms with Crippen LogP contribution in [0.15, 0.2) is 24.3 Å². The quantitative estimate of drug-likeness (QED) is 0.682. The van der Waals surface area contributed by atoms with Gasteiger partial charge in [-0.2, -0.15) is 0 Å². The van der Waals surface area contributed by atoms with Crippen LogP contribution in [0.2, 0.25) is 0 Å². The zero-order valence-electron chi connectivity index (χ0n) is 6.88. The highest BCUT2D eigenvalue weighted by molar-refractivity contribution is 5.25. The highest BCUT2D eigenvalue weighted by Crippen LogP contribution is 2.13. The Morgan fingerprint density at radius 3 is 2.27 bits per heavy atom. The lowest BCUT2D eigenvalue weighted by Gasteiger charge is -2.04. The molecule has 0 saturated carbocycles. The first-order valence-electron chi connectivity index (χ1n) is 3.86. The van der Waals surface area contributed by atoms with Crippen molar-refractivity contribution in [1.82, 2.24) is 0 Å². The van der Waals surface area contributed by atoms with Crippen LogP contribution in [0, 0.1) is 6.92 Å². The van der Waals surface area contributed by atoms with Gasteiger partial charge in [0, 0.05) is 6.54 Å². The lowest BCUT2D eigenvalue weighted by molar-refractivity contribution is 0.958. The summed E-state index contributed by atoms with van der Waals surface area (Å²) < 4.78 is 0. The molecule has 0 amide bonds. The van der Waals surface area contributed by atoms with Crippen LogP contribution in [0.3, 0.4) is 0 Å². The molecule has 0 spiro atoms. The molecule has 0 saturated heterocycles. The summed E-state index contributed by atoms with van der Waals surface area (Å²) in [5, 5.41) is 0. The predicted octanol–water partition coefficient (Wildman–Crippen LogP) is 2.08. The Balaban J connectivity index is 2.83. The Morgan fingerprint density at radius 2 is 1.91 bits per heavy atom. The van der Waals surface area contributed by atoms with E-state index >= 15 is 0 Å². The standard InChI is InChI=1S/C10H14N/c1-8(2)10-5-3-9(7-11)4-6-10/h3-6,8H,1,7,11H2,2H3. The minimum Gasteiger partial charge on any atom is -0.326 e. The molecule has 0 bridgehead atoms. The Bertz CT molecular complexity index is 211. The van der Waals surface area contributed by atoms with Crippen LogP contribution >= 0.6 is 0 Å². The van der Waals surface area contributed by atoms with E-state index in [1.807, 2.05) is 0 Å². The van der Waals surface area contributed by atoms with Gasteiger partial charge < -0.3 is 5.73 Å². The predicted molar refractivity (Wildman–Crippen MR) is 48.1 cm³/mol. The largest absolute Gasteiger partial charge is 0.326 e. The van der Waals surface area contributed by atoms with E-state index in [2.05, 4.69) is 38.1 Å². The van der Waals surface area contributed by atoms with Crippen molar-refractivity contribution in [2.24, 2.45) is 5.73 Å². The third-order valence-electron chi connectivity index (χ3n) is 1.78. The van der Waals surface area contributed by atoms with E-state index in [1.54, 1.807) is 0 Å². The summed E-state index contributed by atoms with van der Waals surface area (Å²) in [6.45, 7) is 6.63. The Morgan fingerprint density at radius 1 is 1.36 bits per heavy atom. The Labute approximate surface area is 68.2 Å². The van der Waals surface area contributed by atoms with Gasteiger partial charge >= 0.3 is 0 Å². The molecule has 0 aliphatic rings. The van der Waals surface area contributed by atoms with E-state index in [-0.39, 0.29) is 0 Å². The highest BCUT2D eigenvalue weighted by Gasteiger charge is 1.96. The van der Waals surface area contributed by atoms with Gasteiger partial charge in [0.15, 0.2) is 0 Å². The number of hydrogen-bond donors (Lipinski definition) is 1. The third-order valence-corrected chi connectivity index (χ3v) is 1.78. The molecule has 11 heavy (non-hydrogen) atoms. The van der Waals surface area contributed by atoms with Crippen molar-refractivity contribution in [1.29, 1.82) is 0 Å². The molecule has 1 aromatic rings. The SMILES string of the molecule is [CH2]C(C)c1ccc(CN)cc1. The van der Waals surface area contributed by atoms with Gasteiger partial charge in [-0.3, -0.25) is 0 Å². The van der Waals surface area contributed by atoms with Crippen molar-refractivity contribution in [3.05, 3.63) is 42.3 Å². The first-order chi connectivity index (χ1) is 5.24. The Hall–Kier alpha value is -0.820. The summed E-state index contributed by atoms with van der Waals surface area (Å²) in [6.07, 6.45) is 0. The molecule has 1 atom stereocenters. The molecular weight excluding hydrogens is 134 g/mol. The van der Waals surface area contributed by atoms with Crippen molar-refractivity contribution in [2.75, 3.05) is 0 Å². The molecule has 59 valence electrons. The molecular formula is C10H14N. The lowest BCUT2D eigenvalue weighted by atomic mass is 10.0. The molecule has 0 aliphatic heterocycles. The van der Waals surface area contributed by atoms with Crippen LogP contribution < -0.4 is 5.73 Å². The van der Waals surface area contributed by atoms with Gasteiger partial charge in [0.2, 0.25) is 0 Å². The van der Waals surface area contributed by atoms with Gasteiger partial charge in [-0.25, -0.2) is 0 Å². The fourth-order valence-electron chi connectivity index (χ4n) is 0.982. The van der Waals surface area contributed by atoms with E-state index in [0.29, 0.717) is 12.5 Å². The van der Waals surface area contributed by atoms with Gasteiger partial charge in [-0.1, -0.05) is 31.2 Å². The molecule has 0 fully saturated rings. The summed E-state index contributed by atoms with van der Waals surface area (Å²) >= 11 is 0. The summed E-state index contributed by atoms with van der Waals surface area (Å²) in [6, 6.07) is 8.27. The molecule has 2 N–H and O–H groups in total. The summed E-state index contributed by atoms with van der Waals surface area (Å²) in [5.74, 6) is 0.363. The maximum atomic E-state index is 5.46. The average molecular weight is 148 g/mol. The summed E-state index contributed by atoms with van der Waals surface area (Å²) in [5.41, 5.74) is 7.90. The Kier molecular flexibility index (Phi) is 2.66. The lowest BCUT2D eigenvalue weighted by Crippen LogP contribution is -1.96. The van der Waals surface area contributed by atoms with Crippen molar-refractivity contribution in [3.8, 4) is 0 Å². The van der Waals surface area contributed by atoms with E-state index in [0.717, 1.165) is 0 Å². The average Bonchev–Trinajstić information content (AvgIpc) is 2.05. The van der Waals surface area contributed by atoms with Crippen LogP contribution in [0.4, 0.5) is 0 Å². The molecule has 1 radical (unpaired) electrons. The second-order valence-corrected chi connectivity index (χ2v) is 2.85. The number of hydrogen-bond acceptors (Lipinski definition) is 1. The smallest absolute Gasteiger partial charge is 0.0178 e. The van der Waals surface area contributed by atoms with Gasteiger partial charge in [0.1, 0.15) is 0 Å². The van der Waals surface area contributed by atoms with Crippen LogP contribution in [0.5, 0.6) is 0 Å². The molecule has 1 unspecified atom stereocenters. The van der Waals surface area contributed by atoms with Crippen LogP contribution in [-0.4, -0.2) is 0 Å². The molecule has 1 heteroatoms. The van der Waals surface area contributed by atoms with E-state index in [1.165, 1.54) is 11.1 Å². The zero-order chi connectivity index (χ0) is 8.27. The topological polar surface area (TPSA) is 26.0 Å². The van der Waals surface area contributed by atoms with E-state index in [4.69, 9.17) is 5.73 Å². The van der Waals surface area contributed by atoms with Crippen molar-refractivity contribution in [3.63, 3.8) is 0 Å². The maximum Gasteiger partial charge on any atom is 0.0178 e. The van der Waals surface area contributed by atoms with Crippen LogP contribution in [0.1, 0.15) is 24.0 Å². The zero-order valence-corrected chi connectivity index (χ0v) is 6.88. The third kappa shape index (κ3) is 2.05. The molecule has 0 heterocycles. The number of rotatable bonds is 2. The molecule has 1 rings (SSSR count). The van der Waals surface area contributed by atoms with Crippen molar-refractivity contribution in [2.45, 2.75) is 19.4 Å². The van der Waals surface area contributed by atoms with Gasteiger partial charge in [0.25, 0.3) is 0 Å². The number of benzene rings is 1. The number of nitrogens with two attached hydrogens (primary N) is 1. The molecule has 0 aliphatic carbocycles. The normalized spacial score (nSPS) is 10.5. The molecule has 0 aromatic heterocycles. The molecule has 1 nitrogen and oxygen atoms in total. The van der Waals surface area contributed by atoms with Gasteiger partial charge in [-0.15, -0.1) is 0 Å². The van der Waals surface area contributed by atoms with E-state index in [9.17, 15) is 0 Å². The van der Waals surface area contributed by atoms with Gasteiger partial charge in [-0.05, 0) is 24.0 Å². The molecule has 1 aromatic carbocycles. The fraction of sp³-hybridized carbons (Fsp3) is 0.300. The van der Waals surface area contributed by atoms with Gasteiger partial charge in [0.05, 0.1) is 0 Å². The second kappa shape index (κ2) is 3.54. The van der Waals surface area contributed by atoms with E-state index < -0.39 is 0 Å². The van der Waals surface area contributed by atoms with Crippen molar-refractivity contribution < 1.29 is 0 Å². The summed E-state index contributed by atoms with van der Waals surface area (Å²) in [7, 11) is 0. The van der Waals surface area contributed by atoms with Crippen LogP contribution in [-0.2, 0) is 6.54 Å². The van der Waals surface area contributed by atoms with Crippen molar-refractivity contribution >= 4 is 0 Å². The summed E-state index contributed by atoms with van der Waals surface area (Å²) in [4.78, 5) is 0. The monoisotopic (exact) mass is 148 g/mol. The minimum absolute atomic E-state index is 0.363. The van der Waals surface area contributed by atoms with Crippen LogP contribution in [0.25, 0.3) is 0 Å². The second-order valence-electron chi connectivity index (χ2n) is 2.85. The highest BCUT2D eigenvalue weighted by atomic mass is 14.5. The minimum atomic E-state index is 0.363. The maximum absolute atomic E-state index is 5.46. The fourth-order valence-corrected chi connectivity index (χ4v) is 0.982.